The molecule has 1 unspecified atom stereocenters. The Hall–Kier alpha value is -2.17. The molecular weight excluding hydrogens is 498 g/mol. The topological polar surface area (TPSA) is 80.3 Å². The molecular formula is C21H28FIN6O. The van der Waals surface area contributed by atoms with E-state index >= 15 is 0 Å². The zero-order valence-electron chi connectivity index (χ0n) is 17.5. The molecule has 3 heterocycles. The number of fused-ring (bicyclic) bond motifs is 2. The van der Waals surface area contributed by atoms with Crippen LogP contribution in [-0.4, -0.2) is 33.3 Å². The number of nitrogens with one attached hydrogen (secondary N) is 2. The molecule has 0 saturated heterocycles. The summed E-state index contributed by atoms with van der Waals surface area (Å²) in [6.07, 6.45) is 2.73. The van der Waals surface area contributed by atoms with Crippen LogP contribution in [0.4, 0.5) is 4.39 Å². The molecule has 9 heteroatoms. The molecule has 0 aliphatic carbocycles. The van der Waals surface area contributed by atoms with Crippen LogP contribution in [-0.2, 0) is 25.9 Å². The standard InChI is InChI=1S/C21H27FN6O.HI/c1-4-19-26-20-9-7-15(12-28(20)27-19)25-21(23-5-2)24-11-18-13(3)16-10-14(22)6-8-17(16)29-18;/h6,8,10,15H,4-5,7,9,11-12H2,1-3H3,(H2,23,24,25);1H. The number of hydrogen-bond donors (Lipinski definition) is 2. The zero-order valence-corrected chi connectivity index (χ0v) is 19.9. The van der Waals surface area contributed by atoms with E-state index in [1.807, 2.05) is 18.5 Å². The van der Waals surface area contributed by atoms with E-state index in [1.54, 1.807) is 6.07 Å². The van der Waals surface area contributed by atoms with E-state index in [0.717, 1.165) is 66.7 Å². The van der Waals surface area contributed by atoms with Gasteiger partial charge in [-0.3, -0.25) is 0 Å². The van der Waals surface area contributed by atoms with Gasteiger partial charge in [-0.2, -0.15) is 5.10 Å². The van der Waals surface area contributed by atoms with E-state index in [-0.39, 0.29) is 35.8 Å². The molecule has 0 amide bonds. The predicted octanol–water partition coefficient (Wildman–Crippen LogP) is 3.72. The molecule has 0 radical (unpaired) electrons. The quantitative estimate of drug-likeness (QED) is 0.301. The number of halogens is 2. The van der Waals surface area contributed by atoms with Crippen molar-refractivity contribution in [2.45, 2.75) is 59.2 Å². The van der Waals surface area contributed by atoms with Crippen LogP contribution in [0.25, 0.3) is 11.0 Å². The third kappa shape index (κ3) is 4.76. The third-order valence-corrected chi connectivity index (χ3v) is 5.28. The fourth-order valence-electron chi connectivity index (χ4n) is 3.69. The Kier molecular flexibility index (Phi) is 7.32. The van der Waals surface area contributed by atoms with Crippen molar-refractivity contribution in [3.05, 3.63) is 47.0 Å². The minimum absolute atomic E-state index is 0. The van der Waals surface area contributed by atoms with Gasteiger partial charge in [0.15, 0.2) is 11.8 Å². The minimum atomic E-state index is -0.262. The second-order valence-electron chi connectivity index (χ2n) is 7.35. The molecule has 1 atom stereocenters. The van der Waals surface area contributed by atoms with Crippen LogP contribution in [0.5, 0.6) is 0 Å². The Bertz CT molecular complexity index is 1040. The smallest absolute Gasteiger partial charge is 0.191 e. The number of furan rings is 1. The lowest BCUT2D eigenvalue weighted by molar-refractivity contribution is 0.392. The van der Waals surface area contributed by atoms with Crippen molar-refractivity contribution in [3.63, 3.8) is 0 Å². The maximum Gasteiger partial charge on any atom is 0.191 e. The van der Waals surface area contributed by atoms with E-state index in [4.69, 9.17) is 9.41 Å². The van der Waals surface area contributed by atoms with Gasteiger partial charge in [-0.25, -0.2) is 19.0 Å². The Balaban J connectivity index is 0.00000256. The van der Waals surface area contributed by atoms with Crippen LogP contribution < -0.4 is 10.6 Å². The molecule has 2 N–H and O–H groups in total. The first-order valence-corrected chi connectivity index (χ1v) is 10.2. The van der Waals surface area contributed by atoms with Crippen molar-refractivity contribution < 1.29 is 8.81 Å². The third-order valence-electron chi connectivity index (χ3n) is 5.28. The molecule has 0 fully saturated rings. The Morgan fingerprint density at radius 3 is 2.97 bits per heavy atom. The van der Waals surface area contributed by atoms with Crippen molar-refractivity contribution in [2.75, 3.05) is 6.54 Å². The first-order chi connectivity index (χ1) is 14.1. The second kappa shape index (κ2) is 9.76. The van der Waals surface area contributed by atoms with Gasteiger partial charge in [-0.1, -0.05) is 6.92 Å². The van der Waals surface area contributed by atoms with Gasteiger partial charge in [-0.15, -0.1) is 24.0 Å². The minimum Gasteiger partial charge on any atom is -0.459 e. The van der Waals surface area contributed by atoms with Gasteiger partial charge in [0.2, 0.25) is 0 Å². The Morgan fingerprint density at radius 2 is 2.20 bits per heavy atom. The number of nitrogens with zero attached hydrogens (tertiary/aromatic N) is 4. The van der Waals surface area contributed by atoms with Crippen LogP contribution in [0.1, 0.15) is 43.2 Å². The molecule has 162 valence electrons. The molecule has 1 aliphatic rings. The number of guanidine groups is 1. The highest BCUT2D eigenvalue weighted by Crippen LogP contribution is 2.26. The van der Waals surface area contributed by atoms with Crippen LogP contribution in [0.3, 0.4) is 0 Å². The summed E-state index contributed by atoms with van der Waals surface area (Å²) >= 11 is 0. The summed E-state index contributed by atoms with van der Waals surface area (Å²) in [6, 6.07) is 4.82. The van der Waals surface area contributed by atoms with Crippen molar-refractivity contribution in [1.29, 1.82) is 0 Å². The first kappa shape index (κ1) is 22.5. The van der Waals surface area contributed by atoms with Gasteiger partial charge in [0.25, 0.3) is 0 Å². The molecule has 4 rings (SSSR count). The lowest BCUT2D eigenvalue weighted by atomic mass is 10.1. The van der Waals surface area contributed by atoms with Crippen molar-refractivity contribution in [2.24, 2.45) is 4.99 Å². The Labute approximate surface area is 192 Å². The van der Waals surface area contributed by atoms with Crippen LogP contribution in [0, 0.1) is 12.7 Å². The average molecular weight is 526 g/mol. The van der Waals surface area contributed by atoms with Gasteiger partial charge >= 0.3 is 0 Å². The van der Waals surface area contributed by atoms with E-state index in [0.29, 0.717) is 12.1 Å². The van der Waals surface area contributed by atoms with E-state index in [2.05, 4.69) is 27.6 Å². The summed E-state index contributed by atoms with van der Waals surface area (Å²) in [6.45, 7) is 7.97. The fraction of sp³-hybridized carbons (Fsp3) is 0.476. The largest absolute Gasteiger partial charge is 0.459 e. The lowest BCUT2D eigenvalue weighted by Gasteiger charge is -2.25. The molecule has 30 heavy (non-hydrogen) atoms. The molecule has 0 saturated carbocycles. The summed E-state index contributed by atoms with van der Waals surface area (Å²) in [4.78, 5) is 9.27. The molecule has 0 spiro atoms. The molecule has 1 aromatic carbocycles. The van der Waals surface area contributed by atoms with Crippen molar-refractivity contribution >= 4 is 40.9 Å². The van der Waals surface area contributed by atoms with Crippen LogP contribution in [0.15, 0.2) is 27.6 Å². The molecule has 0 bridgehead atoms. The number of benzene rings is 1. The molecule has 1 aliphatic heterocycles. The van der Waals surface area contributed by atoms with E-state index in [9.17, 15) is 4.39 Å². The normalized spacial score (nSPS) is 16.3. The second-order valence-corrected chi connectivity index (χ2v) is 7.35. The first-order valence-electron chi connectivity index (χ1n) is 10.2. The average Bonchev–Trinajstić information content (AvgIpc) is 3.27. The van der Waals surface area contributed by atoms with Gasteiger partial charge in [0.05, 0.1) is 6.54 Å². The summed E-state index contributed by atoms with van der Waals surface area (Å²) in [5.41, 5.74) is 1.61. The zero-order chi connectivity index (χ0) is 20.4. The van der Waals surface area contributed by atoms with Gasteiger partial charge in [0, 0.05) is 36.4 Å². The highest BCUT2D eigenvalue weighted by Gasteiger charge is 2.22. The van der Waals surface area contributed by atoms with Gasteiger partial charge in [0.1, 0.15) is 29.5 Å². The van der Waals surface area contributed by atoms with E-state index < -0.39 is 0 Å². The predicted molar refractivity (Wildman–Crippen MR) is 126 cm³/mol. The molecule has 3 aromatic rings. The summed E-state index contributed by atoms with van der Waals surface area (Å²) in [7, 11) is 0. The maximum atomic E-state index is 13.5. The number of aliphatic imine (C=N–C) groups is 1. The molecule has 2 aromatic heterocycles. The SMILES string of the molecule is CCNC(=NCc1oc2ccc(F)cc2c1C)NC1CCc2nc(CC)nn2C1.I. The van der Waals surface area contributed by atoms with Gasteiger partial charge < -0.3 is 15.1 Å². The fourth-order valence-corrected chi connectivity index (χ4v) is 3.69. The Morgan fingerprint density at radius 1 is 1.37 bits per heavy atom. The summed E-state index contributed by atoms with van der Waals surface area (Å²) < 4.78 is 21.4. The van der Waals surface area contributed by atoms with Crippen molar-refractivity contribution in [1.82, 2.24) is 25.4 Å². The van der Waals surface area contributed by atoms with Crippen LogP contribution >= 0.6 is 24.0 Å². The maximum absolute atomic E-state index is 13.5. The number of hydrogen-bond acceptors (Lipinski definition) is 4. The number of aromatic nitrogens is 3. The highest BCUT2D eigenvalue weighted by molar-refractivity contribution is 14.0. The summed E-state index contributed by atoms with van der Waals surface area (Å²) in [5, 5.41) is 12.2. The number of rotatable bonds is 5. The van der Waals surface area contributed by atoms with Crippen molar-refractivity contribution in [3.8, 4) is 0 Å². The van der Waals surface area contributed by atoms with Crippen LogP contribution in [0.2, 0.25) is 0 Å². The highest BCUT2D eigenvalue weighted by atomic mass is 127. The van der Waals surface area contributed by atoms with Gasteiger partial charge in [-0.05, 0) is 38.5 Å². The molecule has 7 nitrogen and oxygen atoms in total. The monoisotopic (exact) mass is 526 g/mol. The summed E-state index contributed by atoms with van der Waals surface area (Å²) in [5.74, 6) is 3.19. The lowest BCUT2D eigenvalue weighted by Crippen LogP contribution is -2.47. The van der Waals surface area contributed by atoms with E-state index in [1.165, 1.54) is 12.1 Å². The number of aryl methyl sites for hydroxylation is 3.